The number of ether oxygens (including phenoxy) is 1. The zero-order chi connectivity index (χ0) is 19.8. The highest BCUT2D eigenvalue weighted by atomic mass is 16.5. The van der Waals surface area contributed by atoms with E-state index in [0.29, 0.717) is 22.9 Å². The number of aryl methyl sites for hydroxylation is 1. The fourth-order valence-electron chi connectivity index (χ4n) is 4.16. The van der Waals surface area contributed by atoms with Crippen LogP contribution in [0.1, 0.15) is 42.1 Å². The lowest BCUT2D eigenvalue weighted by molar-refractivity contribution is -0.122. The van der Waals surface area contributed by atoms with E-state index in [-0.39, 0.29) is 23.7 Å². The standard InChI is InChI=1S/C23H23NO4/c1-14-3-10-18(11-4-14)28-23(27)16-6-8-17(9-7-16)24-21(25)19-12-5-15(2)13-20(19)22(24)26/h3-4,6-11,15,19-20H,5,12-13H2,1-2H3/t15-,19+,20-/m1/s1. The molecule has 1 aliphatic carbocycles. The second-order valence-corrected chi connectivity index (χ2v) is 7.89. The fourth-order valence-corrected chi connectivity index (χ4v) is 4.16. The summed E-state index contributed by atoms with van der Waals surface area (Å²) in [7, 11) is 0. The number of imide groups is 1. The van der Waals surface area contributed by atoms with Gasteiger partial charge < -0.3 is 4.74 Å². The lowest BCUT2D eigenvalue weighted by Crippen LogP contribution is -2.30. The van der Waals surface area contributed by atoms with Gasteiger partial charge in [-0.3, -0.25) is 14.5 Å². The zero-order valence-electron chi connectivity index (χ0n) is 16.1. The van der Waals surface area contributed by atoms with Crippen LogP contribution in [0.5, 0.6) is 5.75 Å². The van der Waals surface area contributed by atoms with Gasteiger partial charge in [0.05, 0.1) is 23.1 Å². The predicted octanol–water partition coefficient (Wildman–Crippen LogP) is 4.14. The molecular weight excluding hydrogens is 354 g/mol. The topological polar surface area (TPSA) is 63.7 Å². The number of esters is 1. The van der Waals surface area contributed by atoms with Crippen LogP contribution in [-0.2, 0) is 9.59 Å². The molecule has 0 N–H and O–H groups in total. The maximum Gasteiger partial charge on any atom is 0.343 e. The van der Waals surface area contributed by atoms with Crippen molar-refractivity contribution in [3.05, 3.63) is 59.7 Å². The van der Waals surface area contributed by atoms with Gasteiger partial charge in [-0.05, 0) is 68.5 Å². The van der Waals surface area contributed by atoms with Gasteiger partial charge in [-0.2, -0.15) is 0 Å². The maximum atomic E-state index is 12.8. The van der Waals surface area contributed by atoms with Gasteiger partial charge in [0.15, 0.2) is 0 Å². The van der Waals surface area contributed by atoms with Crippen molar-refractivity contribution >= 4 is 23.5 Å². The van der Waals surface area contributed by atoms with Crippen LogP contribution < -0.4 is 9.64 Å². The van der Waals surface area contributed by atoms with E-state index in [2.05, 4.69) is 6.92 Å². The van der Waals surface area contributed by atoms with Crippen molar-refractivity contribution in [1.82, 2.24) is 0 Å². The van der Waals surface area contributed by atoms with Crippen molar-refractivity contribution in [1.29, 1.82) is 0 Å². The van der Waals surface area contributed by atoms with Gasteiger partial charge in [0.25, 0.3) is 0 Å². The molecule has 0 unspecified atom stereocenters. The molecule has 2 aromatic carbocycles. The van der Waals surface area contributed by atoms with E-state index in [1.165, 1.54) is 4.90 Å². The number of anilines is 1. The summed E-state index contributed by atoms with van der Waals surface area (Å²) in [5.41, 5.74) is 1.97. The molecule has 28 heavy (non-hydrogen) atoms. The third-order valence-corrected chi connectivity index (χ3v) is 5.78. The lowest BCUT2D eigenvalue weighted by atomic mass is 9.76. The molecular formula is C23H23NO4. The van der Waals surface area contributed by atoms with E-state index in [9.17, 15) is 14.4 Å². The molecule has 0 aromatic heterocycles. The Bertz CT molecular complexity index is 917. The Balaban J connectivity index is 1.50. The number of carbonyl (C=O) groups is 3. The summed E-state index contributed by atoms with van der Waals surface area (Å²) in [6, 6.07) is 13.7. The van der Waals surface area contributed by atoms with Crippen molar-refractivity contribution in [3.63, 3.8) is 0 Å². The quantitative estimate of drug-likeness (QED) is 0.458. The molecule has 2 aromatic rings. The Morgan fingerprint density at radius 2 is 1.57 bits per heavy atom. The average Bonchev–Trinajstić information content (AvgIpc) is 2.93. The second kappa shape index (κ2) is 7.23. The minimum absolute atomic E-state index is 0.114. The van der Waals surface area contributed by atoms with Crippen LogP contribution in [0.25, 0.3) is 0 Å². The number of nitrogens with zero attached hydrogens (tertiary/aromatic N) is 1. The Hall–Kier alpha value is -2.95. The first-order valence-corrected chi connectivity index (χ1v) is 9.71. The third-order valence-electron chi connectivity index (χ3n) is 5.78. The van der Waals surface area contributed by atoms with Gasteiger partial charge in [-0.15, -0.1) is 0 Å². The minimum Gasteiger partial charge on any atom is -0.423 e. The third kappa shape index (κ3) is 3.33. The van der Waals surface area contributed by atoms with E-state index in [1.807, 2.05) is 19.1 Å². The van der Waals surface area contributed by atoms with Crippen LogP contribution in [0, 0.1) is 24.7 Å². The summed E-state index contributed by atoms with van der Waals surface area (Å²) in [5.74, 6) is -0.165. The van der Waals surface area contributed by atoms with E-state index in [0.717, 1.165) is 24.8 Å². The van der Waals surface area contributed by atoms with E-state index in [4.69, 9.17) is 4.74 Å². The van der Waals surface area contributed by atoms with Crippen LogP contribution >= 0.6 is 0 Å². The molecule has 4 rings (SSSR count). The molecule has 5 nitrogen and oxygen atoms in total. The first-order chi connectivity index (χ1) is 13.4. The largest absolute Gasteiger partial charge is 0.423 e. The summed E-state index contributed by atoms with van der Waals surface area (Å²) in [4.78, 5) is 39.2. The Labute approximate surface area is 164 Å². The number of fused-ring (bicyclic) bond motifs is 1. The molecule has 144 valence electrons. The number of rotatable bonds is 3. The number of hydrogen-bond donors (Lipinski definition) is 0. The smallest absolute Gasteiger partial charge is 0.343 e. The normalized spacial score (nSPS) is 24.2. The van der Waals surface area contributed by atoms with E-state index < -0.39 is 5.97 Å². The monoisotopic (exact) mass is 377 g/mol. The highest BCUT2D eigenvalue weighted by Gasteiger charge is 2.49. The molecule has 0 spiro atoms. The molecule has 2 aliphatic rings. The molecule has 0 bridgehead atoms. The second-order valence-electron chi connectivity index (χ2n) is 7.89. The molecule has 0 radical (unpaired) electrons. The zero-order valence-corrected chi connectivity index (χ0v) is 16.1. The van der Waals surface area contributed by atoms with Crippen LogP contribution in [0.4, 0.5) is 5.69 Å². The molecule has 3 atom stereocenters. The van der Waals surface area contributed by atoms with Gasteiger partial charge in [0.2, 0.25) is 11.8 Å². The molecule has 1 aliphatic heterocycles. The number of amides is 2. The molecule has 1 saturated carbocycles. The van der Waals surface area contributed by atoms with Gasteiger partial charge in [-0.1, -0.05) is 24.6 Å². The number of benzene rings is 2. The Morgan fingerprint density at radius 1 is 0.929 bits per heavy atom. The van der Waals surface area contributed by atoms with Gasteiger partial charge in [0, 0.05) is 0 Å². The highest BCUT2D eigenvalue weighted by molar-refractivity contribution is 6.22. The van der Waals surface area contributed by atoms with Crippen molar-refractivity contribution in [3.8, 4) is 5.75 Å². The SMILES string of the molecule is Cc1ccc(OC(=O)c2ccc(N3C(=O)[C@H]4CC[C@@H](C)C[C@H]4C3=O)cc2)cc1. The number of carbonyl (C=O) groups excluding carboxylic acids is 3. The van der Waals surface area contributed by atoms with Crippen LogP contribution in [-0.4, -0.2) is 17.8 Å². The predicted molar refractivity (Wildman–Crippen MR) is 105 cm³/mol. The van der Waals surface area contributed by atoms with Crippen LogP contribution in [0.2, 0.25) is 0 Å². The molecule has 2 fully saturated rings. The summed E-state index contributed by atoms with van der Waals surface area (Å²) >= 11 is 0. The summed E-state index contributed by atoms with van der Waals surface area (Å²) in [6.07, 6.45) is 2.53. The van der Waals surface area contributed by atoms with Gasteiger partial charge in [-0.25, -0.2) is 4.79 Å². The van der Waals surface area contributed by atoms with Gasteiger partial charge in [0.1, 0.15) is 5.75 Å². The number of hydrogen-bond acceptors (Lipinski definition) is 4. The molecule has 1 saturated heterocycles. The first kappa shape index (κ1) is 18.4. The first-order valence-electron chi connectivity index (χ1n) is 9.71. The Morgan fingerprint density at radius 3 is 2.25 bits per heavy atom. The summed E-state index contributed by atoms with van der Waals surface area (Å²) < 4.78 is 5.37. The van der Waals surface area contributed by atoms with Crippen LogP contribution in [0.15, 0.2) is 48.5 Å². The summed E-state index contributed by atoms with van der Waals surface area (Å²) in [6.45, 7) is 4.09. The maximum absolute atomic E-state index is 12.8. The molecule has 2 amide bonds. The highest BCUT2D eigenvalue weighted by Crippen LogP contribution is 2.42. The Kier molecular flexibility index (Phi) is 4.75. The van der Waals surface area contributed by atoms with Crippen molar-refractivity contribution < 1.29 is 19.1 Å². The summed E-state index contributed by atoms with van der Waals surface area (Å²) in [5, 5.41) is 0. The average molecular weight is 377 g/mol. The lowest BCUT2D eigenvalue weighted by Gasteiger charge is -2.25. The van der Waals surface area contributed by atoms with Crippen LogP contribution in [0.3, 0.4) is 0 Å². The molecule has 5 heteroatoms. The van der Waals surface area contributed by atoms with Gasteiger partial charge >= 0.3 is 5.97 Å². The minimum atomic E-state index is -0.475. The fraction of sp³-hybridized carbons (Fsp3) is 0.348. The van der Waals surface area contributed by atoms with E-state index >= 15 is 0 Å². The molecule has 1 heterocycles. The van der Waals surface area contributed by atoms with Crippen molar-refractivity contribution in [2.24, 2.45) is 17.8 Å². The van der Waals surface area contributed by atoms with Crippen molar-refractivity contribution in [2.45, 2.75) is 33.1 Å². The van der Waals surface area contributed by atoms with Crippen molar-refractivity contribution in [2.75, 3.05) is 4.90 Å². The van der Waals surface area contributed by atoms with E-state index in [1.54, 1.807) is 36.4 Å².